The molecule has 0 unspecified atom stereocenters. The standard InChI is InChI=1S/C18H19FN2O4S/c1-13(22)15-4-3-5-17(12-15)21(26(2,24)25)11-10-20-18(23)14-6-8-16(19)9-7-14/h3-9,12H,10-11H2,1-2H3,(H,20,23). The summed E-state index contributed by atoms with van der Waals surface area (Å²) >= 11 is 0. The second-order valence-electron chi connectivity index (χ2n) is 5.70. The topological polar surface area (TPSA) is 83.6 Å². The summed E-state index contributed by atoms with van der Waals surface area (Å²) in [4.78, 5) is 23.5. The summed E-state index contributed by atoms with van der Waals surface area (Å²) < 4.78 is 38.2. The van der Waals surface area contributed by atoms with Crippen LogP contribution in [0.15, 0.2) is 48.5 Å². The van der Waals surface area contributed by atoms with Crippen LogP contribution in [0.1, 0.15) is 27.6 Å². The number of hydrogen-bond donors (Lipinski definition) is 1. The fraction of sp³-hybridized carbons (Fsp3) is 0.222. The average molecular weight is 378 g/mol. The van der Waals surface area contributed by atoms with Crippen LogP contribution in [0.4, 0.5) is 10.1 Å². The van der Waals surface area contributed by atoms with E-state index in [1.165, 1.54) is 37.3 Å². The average Bonchev–Trinajstić information content (AvgIpc) is 2.58. The van der Waals surface area contributed by atoms with Gasteiger partial charge in [-0.15, -0.1) is 0 Å². The van der Waals surface area contributed by atoms with Gasteiger partial charge in [-0.05, 0) is 43.3 Å². The first kappa shape index (κ1) is 19.6. The van der Waals surface area contributed by atoms with Gasteiger partial charge in [-0.2, -0.15) is 0 Å². The Kier molecular flexibility index (Phi) is 6.10. The molecule has 2 rings (SSSR count). The van der Waals surface area contributed by atoms with Gasteiger partial charge in [0.2, 0.25) is 10.0 Å². The van der Waals surface area contributed by atoms with Crippen molar-refractivity contribution < 1.29 is 22.4 Å². The number of ketones is 1. The molecule has 0 aliphatic heterocycles. The van der Waals surface area contributed by atoms with Crippen LogP contribution in [0, 0.1) is 5.82 Å². The lowest BCUT2D eigenvalue weighted by atomic mass is 10.1. The molecule has 0 atom stereocenters. The number of carbonyl (C=O) groups is 2. The van der Waals surface area contributed by atoms with E-state index in [1.807, 2.05) is 0 Å². The molecule has 0 saturated carbocycles. The van der Waals surface area contributed by atoms with Crippen LogP contribution >= 0.6 is 0 Å². The molecule has 0 aliphatic carbocycles. The molecule has 138 valence electrons. The summed E-state index contributed by atoms with van der Waals surface area (Å²) in [5.41, 5.74) is 1.01. The number of hydrogen-bond acceptors (Lipinski definition) is 4. The van der Waals surface area contributed by atoms with Crippen molar-refractivity contribution in [2.45, 2.75) is 6.92 Å². The zero-order valence-electron chi connectivity index (χ0n) is 14.4. The van der Waals surface area contributed by atoms with Crippen molar-refractivity contribution in [1.82, 2.24) is 5.32 Å². The number of halogens is 1. The van der Waals surface area contributed by atoms with Gasteiger partial charge in [-0.25, -0.2) is 12.8 Å². The number of amides is 1. The molecule has 8 heteroatoms. The van der Waals surface area contributed by atoms with Crippen molar-refractivity contribution in [3.05, 3.63) is 65.5 Å². The predicted molar refractivity (Wildman–Crippen MR) is 97.4 cm³/mol. The van der Waals surface area contributed by atoms with E-state index in [0.717, 1.165) is 10.6 Å². The summed E-state index contributed by atoms with van der Waals surface area (Å²) in [5.74, 6) is -1.06. The second-order valence-corrected chi connectivity index (χ2v) is 7.61. The van der Waals surface area contributed by atoms with E-state index >= 15 is 0 Å². The quantitative estimate of drug-likeness (QED) is 0.749. The Labute approximate surface area is 151 Å². The molecule has 2 aromatic rings. The van der Waals surface area contributed by atoms with Crippen molar-refractivity contribution in [2.24, 2.45) is 0 Å². The first-order valence-electron chi connectivity index (χ1n) is 7.81. The number of carbonyl (C=O) groups excluding carboxylic acids is 2. The lowest BCUT2D eigenvalue weighted by Crippen LogP contribution is -2.38. The molecular formula is C18H19FN2O4S. The molecule has 26 heavy (non-hydrogen) atoms. The largest absolute Gasteiger partial charge is 0.350 e. The Balaban J connectivity index is 2.10. The van der Waals surface area contributed by atoms with Crippen LogP contribution in [-0.4, -0.2) is 39.5 Å². The number of Topliss-reactive ketones (excluding diaryl/α,β-unsaturated/α-hetero) is 1. The first-order chi connectivity index (χ1) is 12.2. The van der Waals surface area contributed by atoms with Crippen molar-refractivity contribution in [2.75, 3.05) is 23.7 Å². The summed E-state index contributed by atoms with van der Waals surface area (Å²) in [6.07, 6.45) is 1.05. The highest BCUT2D eigenvalue weighted by molar-refractivity contribution is 7.92. The molecule has 0 fully saturated rings. The highest BCUT2D eigenvalue weighted by Gasteiger charge is 2.18. The Bertz CT molecular complexity index is 911. The van der Waals surface area contributed by atoms with Gasteiger partial charge in [0.25, 0.3) is 5.91 Å². The smallest absolute Gasteiger partial charge is 0.251 e. The maximum absolute atomic E-state index is 12.9. The summed E-state index contributed by atoms with van der Waals surface area (Å²) in [5, 5.41) is 2.59. The van der Waals surface area contributed by atoms with Gasteiger partial charge < -0.3 is 5.32 Å². The molecule has 0 saturated heterocycles. The van der Waals surface area contributed by atoms with Gasteiger partial charge in [-0.3, -0.25) is 13.9 Å². The predicted octanol–water partition coefficient (Wildman–Crippen LogP) is 2.22. The van der Waals surface area contributed by atoms with E-state index in [0.29, 0.717) is 11.3 Å². The molecule has 1 N–H and O–H groups in total. The maximum atomic E-state index is 12.9. The SMILES string of the molecule is CC(=O)c1cccc(N(CCNC(=O)c2ccc(F)cc2)S(C)(=O)=O)c1. The van der Waals surface area contributed by atoms with Crippen molar-refractivity contribution in [1.29, 1.82) is 0 Å². The van der Waals surface area contributed by atoms with Crippen molar-refractivity contribution in [3.8, 4) is 0 Å². The lowest BCUT2D eigenvalue weighted by molar-refractivity contribution is 0.0953. The van der Waals surface area contributed by atoms with E-state index in [2.05, 4.69) is 5.32 Å². The van der Waals surface area contributed by atoms with E-state index in [1.54, 1.807) is 18.2 Å². The summed E-state index contributed by atoms with van der Waals surface area (Å²) in [6, 6.07) is 11.3. The van der Waals surface area contributed by atoms with Crippen LogP contribution in [0.5, 0.6) is 0 Å². The third-order valence-electron chi connectivity index (χ3n) is 3.65. The molecule has 0 bridgehead atoms. The number of sulfonamides is 1. The monoisotopic (exact) mass is 378 g/mol. The molecule has 0 aliphatic rings. The highest BCUT2D eigenvalue weighted by Crippen LogP contribution is 2.19. The van der Waals surface area contributed by atoms with Crippen LogP contribution in [0.3, 0.4) is 0 Å². The molecule has 0 aromatic heterocycles. The lowest BCUT2D eigenvalue weighted by Gasteiger charge is -2.23. The van der Waals surface area contributed by atoms with Crippen molar-refractivity contribution >= 4 is 27.4 Å². The molecule has 0 radical (unpaired) electrons. The minimum atomic E-state index is -3.61. The molecule has 0 spiro atoms. The van der Waals surface area contributed by atoms with Gasteiger partial charge in [0, 0.05) is 17.7 Å². The first-order valence-corrected chi connectivity index (χ1v) is 9.66. The highest BCUT2D eigenvalue weighted by atomic mass is 32.2. The van der Waals surface area contributed by atoms with Gasteiger partial charge in [0.1, 0.15) is 5.82 Å². The Hall–Kier alpha value is -2.74. The number of nitrogens with one attached hydrogen (secondary N) is 1. The molecule has 0 heterocycles. The van der Waals surface area contributed by atoms with Crippen LogP contribution in [-0.2, 0) is 10.0 Å². The fourth-order valence-corrected chi connectivity index (χ4v) is 3.26. The van der Waals surface area contributed by atoms with Gasteiger partial charge >= 0.3 is 0 Å². The number of anilines is 1. The Morgan fingerprint density at radius 2 is 1.73 bits per heavy atom. The molecular weight excluding hydrogens is 359 g/mol. The Morgan fingerprint density at radius 3 is 2.31 bits per heavy atom. The minimum absolute atomic E-state index is 0.00682. The van der Waals surface area contributed by atoms with E-state index in [4.69, 9.17) is 0 Å². The van der Waals surface area contributed by atoms with E-state index < -0.39 is 21.7 Å². The normalized spacial score (nSPS) is 11.0. The van der Waals surface area contributed by atoms with E-state index in [-0.39, 0.29) is 24.4 Å². The molecule has 6 nitrogen and oxygen atoms in total. The Morgan fingerprint density at radius 1 is 1.08 bits per heavy atom. The summed E-state index contributed by atoms with van der Waals surface area (Å²) in [6.45, 7) is 1.44. The third kappa shape index (κ3) is 5.13. The summed E-state index contributed by atoms with van der Waals surface area (Å²) in [7, 11) is -3.61. The van der Waals surface area contributed by atoms with Crippen LogP contribution in [0.2, 0.25) is 0 Å². The van der Waals surface area contributed by atoms with Gasteiger partial charge in [0.05, 0.1) is 18.5 Å². The van der Waals surface area contributed by atoms with Gasteiger partial charge in [0.15, 0.2) is 5.78 Å². The van der Waals surface area contributed by atoms with Crippen LogP contribution < -0.4 is 9.62 Å². The van der Waals surface area contributed by atoms with Crippen molar-refractivity contribution in [3.63, 3.8) is 0 Å². The number of nitrogens with zero attached hydrogens (tertiary/aromatic N) is 1. The van der Waals surface area contributed by atoms with Gasteiger partial charge in [-0.1, -0.05) is 12.1 Å². The maximum Gasteiger partial charge on any atom is 0.251 e. The third-order valence-corrected chi connectivity index (χ3v) is 4.84. The molecule has 2 aromatic carbocycles. The zero-order valence-corrected chi connectivity index (χ0v) is 15.2. The van der Waals surface area contributed by atoms with E-state index in [9.17, 15) is 22.4 Å². The minimum Gasteiger partial charge on any atom is -0.350 e. The zero-order chi connectivity index (χ0) is 19.3. The second kappa shape index (κ2) is 8.09. The van der Waals surface area contributed by atoms with Crippen LogP contribution in [0.25, 0.3) is 0 Å². The fourth-order valence-electron chi connectivity index (χ4n) is 2.34. The number of rotatable bonds is 7. The number of benzene rings is 2. The molecule has 1 amide bonds.